The van der Waals surface area contributed by atoms with Crippen molar-refractivity contribution in [1.82, 2.24) is 9.88 Å². The highest BCUT2D eigenvalue weighted by atomic mass is 79.9. The lowest BCUT2D eigenvalue weighted by atomic mass is 10.3. The van der Waals surface area contributed by atoms with E-state index in [1.165, 1.54) is 0 Å². The van der Waals surface area contributed by atoms with Gasteiger partial charge in [0.2, 0.25) is 0 Å². The van der Waals surface area contributed by atoms with Gasteiger partial charge in [0.25, 0.3) is 5.91 Å². The van der Waals surface area contributed by atoms with Crippen molar-refractivity contribution in [1.29, 1.82) is 0 Å². The molecule has 1 amide bonds. The number of carbonyl (C=O) groups is 1. The van der Waals surface area contributed by atoms with Gasteiger partial charge in [-0.2, -0.15) is 0 Å². The highest BCUT2D eigenvalue weighted by molar-refractivity contribution is 9.10. The summed E-state index contributed by atoms with van der Waals surface area (Å²) in [6, 6.07) is 5.87. The molecule has 0 aliphatic rings. The number of nitrogens with zero attached hydrogens (tertiary/aromatic N) is 1. The van der Waals surface area contributed by atoms with Crippen LogP contribution in [0.15, 0.2) is 34.2 Å². The van der Waals surface area contributed by atoms with E-state index in [2.05, 4.69) is 28.2 Å². The summed E-state index contributed by atoms with van der Waals surface area (Å²) < 4.78 is 2.92. The monoisotopic (exact) mass is 326 g/mol. The van der Waals surface area contributed by atoms with Crippen molar-refractivity contribution in [3.05, 3.63) is 44.8 Å². The first-order chi connectivity index (χ1) is 8.70. The van der Waals surface area contributed by atoms with Gasteiger partial charge in [0, 0.05) is 22.1 Å². The maximum absolute atomic E-state index is 12.1. The lowest BCUT2D eigenvalue weighted by Gasteiger charge is -2.07. The minimum Gasteiger partial charge on any atom is -0.346 e. The van der Waals surface area contributed by atoms with Gasteiger partial charge in [-0.1, -0.05) is 13.0 Å². The molecule has 0 aliphatic heterocycles. The highest BCUT2D eigenvalue weighted by Gasteiger charge is 2.12. The van der Waals surface area contributed by atoms with Gasteiger partial charge in [0.1, 0.15) is 5.69 Å². The summed E-state index contributed by atoms with van der Waals surface area (Å²) in [6.07, 6.45) is 2.95. The summed E-state index contributed by atoms with van der Waals surface area (Å²) in [6.45, 7) is 3.54. The van der Waals surface area contributed by atoms with Crippen LogP contribution in [-0.4, -0.2) is 10.5 Å². The molecule has 2 heterocycles. The van der Waals surface area contributed by atoms with Crippen molar-refractivity contribution in [2.45, 2.75) is 26.4 Å². The average molecular weight is 327 g/mol. The average Bonchev–Trinajstić information content (AvgIpc) is 2.96. The summed E-state index contributed by atoms with van der Waals surface area (Å²) in [5.74, 6) is -0.0254. The van der Waals surface area contributed by atoms with Crippen LogP contribution in [0.4, 0.5) is 0 Å². The maximum Gasteiger partial charge on any atom is 0.268 e. The van der Waals surface area contributed by atoms with E-state index >= 15 is 0 Å². The second kappa shape index (κ2) is 6.20. The van der Waals surface area contributed by atoms with Gasteiger partial charge in [-0.15, -0.1) is 11.3 Å². The van der Waals surface area contributed by atoms with Crippen LogP contribution in [0.25, 0.3) is 0 Å². The summed E-state index contributed by atoms with van der Waals surface area (Å²) in [4.78, 5) is 13.3. The topological polar surface area (TPSA) is 34.0 Å². The van der Waals surface area contributed by atoms with E-state index in [0.717, 1.165) is 22.3 Å². The zero-order valence-corrected chi connectivity index (χ0v) is 12.6. The Morgan fingerprint density at radius 1 is 1.56 bits per heavy atom. The molecule has 0 atom stereocenters. The third kappa shape index (κ3) is 3.23. The van der Waals surface area contributed by atoms with E-state index in [-0.39, 0.29) is 5.91 Å². The molecular weight excluding hydrogens is 312 g/mol. The molecule has 0 spiro atoms. The zero-order valence-electron chi connectivity index (χ0n) is 10.1. The van der Waals surface area contributed by atoms with Crippen LogP contribution in [0, 0.1) is 0 Å². The Kier molecular flexibility index (Phi) is 4.60. The quantitative estimate of drug-likeness (QED) is 0.894. The van der Waals surface area contributed by atoms with Crippen LogP contribution in [0.1, 0.15) is 28.7 Å². The van der Waals surface area contributed by atoms with Gasteiger partial charge in [-0.05, 0) is 39.9 Å². The van der Waals surface area contributed by atoms with E-state index in [9.17, 15) is 4.79 Å². The van der Waals surface area contributed by atoms with Gasteiger partial charge >= 0.3 is 0 Å². The molecule has 3 nitrogen and oxygen atoms in total. The third-order valence-corrected chi connectivity index (χ3v) is 3.87. The second-order valence-corrected chi connectivity index (χ2v) is 5.95. The van der Waals surface area contributed by atoms with Crippen molar-refractivity contribution in [2.75, 3.05) is 0 Å². The number of thiophene rings is 1. The number of aromatic nitrogens is 1. The van der Waals surface area contributed by atoms with Crippen molar-refractivity contribution < 1.29 is 4.79 Å². The summed E-state index contributed by atoms with van der Waals surface area (Å²) in [5.41, 5.74) is 0.709. The predicted molar refractivity (Wildman–Crippen MR) is 77.9 cm³/mol. The van der Waals surface area contributed by atoms with Gasteiger partial charge in [-0.3, -0.25) is 4.79 Å². The summed E-state index contributed by atoms with van der Waals surface area (Å²) in [7, 11) is 0. The molecule has 5 heteroatoms. The molecule has 0 unspecified atom stereocenters. The molecule has 0 bridgehead atoms. The molecule has 0 aliphatic carbocycles. The maximum atomic E-state index is 12.1. The molecule has 2 aromatic heterocycles. The van der Waals surface area contributed by atoms with Crippen molar-refractivity contribution in [2.24, 2.45) is 0 Å². The van der Waals surface area contributed by atoms with Crippen molar-refractivity contribution >= 4 is 33.2 Å². The Hall–Kier alpha value is -1.07. The number of hydrogen-bond acceptors (Lipinski definition) is 2. The van der Waals surface area contributed by atoms with Crippen molar-refractivity contribution in [3.8, 4) is 0 Å². The van der Waals surface area contributed by atoms with E-state index in [1.807, 2.05) is 34.3 Å². The molecule has 2 aromatic rings. The molecular formula is C13H15BrN2OS. The largest absolute Gasteiger partial charge is 0.346 e. The van der Waals surface area contributed by atoms with Gasteiger partial charge in [0.15, 0.2) is 0 Å². The number of nitrogens with one attached hydrogen (secondary N) is 1. The molecule has 0 saturated heterocycles. The predicted octanol–water partition coefficient (Wildman–Crippen LogP) is 3.65. The number of carbonyl (C=O) groups excluding carboxylic acids is 1. The molecule has 0 radical (unpaired) electrons. The highest BCUT2D eigenvalue weighted by Crippen LogP contribution is 2.16. The van der Waals surface area contributed by atoms with Gasteiger partial charge < -0.3 is 9.88 Å². The lowest BCUT2D eigenvalue weighted by molar-refractivity contribution is 0.0942. The number of halogens is 1. The molecule has 2 rings (SSSR count). The van der Waals surface area contributed by atoms with Gasteiger partial charge in [-0.25, -0.2) is 0 Å². The normalized spacial score (nSPS) is 10.6. The lowest BCUT2D eigenvalue weighted by Crippen LogP contribution is -2.25. The van der Waals surface area contributed by atoms with Crippen molar-refractivity contribution in [3.63, 3.8) is 0 Å². The SMILES string of the molecule is CCCn1cc(Br)cc1C(=O)NCc1cccs1. The second-order valence-electron chi connectivity index (χ2n) is 4.00. The third-order valence-electron chi connectivity index (χ3n) is 2.56. The number of amides is 1. The minimum atomic E-state index is -0.0254. The van der Waals surface area contributed by atoms with Crippen LogP contribution < -0.4 is 5.32 Å². The molecule has 0 aromatic carbocycles. The Bertz CT molecular complexity index is 519. The van der Waals surface area contributed by atoms with E-state index in [4.69, 9.17) is 0 Å². The first-order valence-corrected chi connectivity index (χ1v) is 7.54. The Labute approximate surface area is 119 Å². The van der Waals surface area contributed by atoms with E-state index < -0.39 is 0 Å². The first-order valence-electron chi connectivity index (χ1n) is 5.87. The fourth-order valence-corrected chi connectivity index (χ4v) is 2.87. The summed E-state index contributed by atoms with van der Waals surface area (Å²) in [5, 5.41) is 4.96. The fraction of sp³-hybridized carbons (Fsp3) is 0.308. The number of rotatable bonds is 5. The standard InChI is InChI=1S/C13H15BrN2OS/c1-2-5-16-9-10(14)7-12(16)13(17)15-8-11-4-3-6-18-11/h3-4,6-7,9H,2,5,8H2,1H3,(H,15,17). The molecule has 18 heavy (non-hydrogen) atoms. The Balaban J connectivity index is 2.03. The Morgan fingerprint density at radius 2 is 2.39 bits per heavy atom. The molecule has 1 N–H and O–H groups in total. The van der Waals surface area contributed by atoms with Crippen LogP contribution in [0.3, 0.4) is 0 Å². The van der Waals surface area contributed by atoms with E-state index in [0.29, 0.717) is 12.2 Å². The zero-order chi connectivity index (χ0) is 13.0. The van der Waals surface area contributed by atoms with Crippen LogP contribution in [-0.2, 0) is 13.1 Å². The minimum absolute atomic E-state index is 0.0254. The van der Waals surface area contributed by atoms with E-state index in [1.54, 1.807) is 11.3 Å². The molecule has 0 fully saturated rings. The molecule has 0 saturated carbocycles. The Morgan fingerprint density at radius 3 is 3.06 bits per heavy atom. The smallest absolute Gasteiger partial charge is 0.268 e. The van der Waals surface area contributed by atoms with Crippen LogP contribution >= 0.6 is 27.3 Å². The number of hydrogen-bond donors (Lipinski definition) is 1. The number of aryl methyl sites for hydroxylation is 1. The van der Waals surface area contributed by atoms with Crippen LogP contribution in [0.2, 0.25) is 0 Å². The molecule has 96 valence electrons. The first kappa shape index (κ1) is 13.4. The van der Waals surface area contributed by atoms with Gasteiger partial charge in [0.05, 0.1) is 6.54 Å². The van der Waals surface area contributed by atoms with Crippen LogP contribution in [0.5, 0.6) is 0 Å². The fourth-order valence-electron chi connectivity index (χ4n) is 1.76. The summed E-state index contributed by atoms with van der Waals surface area (Å²) >= 11 is 5.06.